The van der Waals surface area contributed by atoms with Crippen molar-refractivity contribution < 1.29 is 14.2 Å². The Morgan fingerprint density at radius 1 is 1.10 bits per heavy atom. The second-order valence-electron chi connectivity index (χ2n) is 6.56. The van der Waals surface area contributed by atoms with Gasteiger partial charge in [-0.05, 0) is 83.3 Å². The second-order valence-corrected chi connectivity index (χ2v) is 7.80. The van der Waals surface area contributed by atoms with Gasteiger partial charge in [-0.2, -0.15) is 5.11 Å². The molecule has 1 aromatic heterocycles. The molecular formula is C23H16FIN4O2. The molecule has 6 nitrogen and oxygen atoms in total. The van der Waals surface area contributed by atoms with E-state index in [2.05, 4.69) is 15.4 Å². The van der Waals surface area contributed by atoms with Crippen molar-refractivity contribution in [1.82, 2.24) is 4.98 Å². The van der Waals surface area contributed by atoms with E-state index in [1.807, 2.05) is 34.7 Å². The van der Waals surface area contributed by atoms with Gasteiger partial charge < -0.3 is 15.2 Å². The smallest absolute Gasteiger partial charge is 0.136 e. The molecule has 0 bridgehead atoms. The number of nitrogens with zero attached hydrogens (tertiary/aromatic N) is 2. The number of nitrogens with one attached hydrogen (secondary N) is 2. The summed E-state index contributed by atoms with van der Waals surface area (Å²) in [7, 11) is 0. The number of anilines is 1. The highest BCUT2D eigenvalue weighted by molar-refractivity contribution is 14.1. The lowest BCUT2D eigenvalue weighted by Gasteiger charge is -2.10. The number of rotatable bonds is 6. The SMILES string of the molecule is N=N/C(=C\Nc1ccc(O)cc1)c1ccc2c(Oc3cc(F)cc(I)c3)cccc2n1. The molecule has 0 aliphatic rings. The van der Waals surface area contributed by atoms with Crippen LogP contribution < -0.4 is 10.1 Å². The highest BCUT2D eigenvalue weighted by atomic mass is 127. The number of phenolic OH excluding ortho intramolecular Hbond substituents is 1. The van der Waals surface area contributed by atoms with Gasteiger partial charge in [0.2, 0.25) is 0 Å². The predicted octanol–water partition coefficient (Wildman–Crippen LogP) is 6.92. The van der Waals surface area contributed by atoms with Crippen LogP contribution in [0.4, 0.5) is 10.1 Å². The Kier molecular flexibility index (Phi) is 6.08. The van der Waals surface area contributed by atoms with Gasteiger partial charge in [-0.25, -0.2) is 14.9 Å². The Bertz CT molecular complexity index is 1270. The van der Waals surface area contributed by atoms with Crippen LogP contribution >= 0.6 is 22.6 Å². The molecule has 0 radical (unpaired) electrons. The van der Waals surface area contributed by atoms with E-state index in [1.54, 1.807) is 54.7 Å². The molecular weight excluding hydrogens is 510 g/mol. The Hall–Kier alpha value is -3.53. The van der Waals surface area contributed by atoms with E-state index in [-0.39, 0.29) is 11.6 Å². The third-order valence-corrected chi connectivity index (χ3v) is 5.00. The van der Waals surface area contributed by atoms with Gasteiger partial charge in [0.25, 0.3) is 0 Å². The van der Waals surface area contributed by atoms with E-state index in [1.165, 1.54) is 12.1 Å². The van der Waals surface area contributed by atoms with E-state index in [0.717, 1.165) is 14.6 Å². The van der Waals surface area contributed by atoms with Crippen LogP contribution in [0.25, 0.3) is 16.6 Å². The van der Waals surface area contributed by atoms with Gasteiger partial charge in [-0.15, -0.1) is 0 Å². The van der Waals surface area contributed by atoms with Crippen LogP contribution in [0.15, 0.2) is 84.1 Å². The Balaban J connectivity index is 1.63. The predicted molar refractivity (Wildman–Crippen MR) is 126 cm³/mol. The lowest BCUT2D eigenvalue weighted by molar-refractivity contribution is 0.475. The molecule has 1 heterocycles. The quantitative estimate of drug-likeness (QED) is 0.145. The Morgan fingerprint density at radius 2 is 1.90 bits per heavy atom. The van der Waals surface area contributed by atoms with Gasteiger partial charge in [-0.1, -0.05) is 6.07 Å². The number of fused-ring (bicyclic) bond motifs is 1. The summed E-state index contributed by atoms with van der Waals surface area (Å²) in [6.07, 6.45) is 1.57. The summed E-state index contributed by atoms with van der Waals surface area (Å²) in [4.78, 5) is 4.59. The van der Waals surface area contributed by atoms with Crippen molar-refractivity contribution in [2.75, 3.05) is 5.32 Å². The molecule has 3 N–H and O–H groups in total. The fraction of sp³-hybridized carbons (Fsp3) is 0. The fourth-order valence-corrected chi connectivity index (χ4v) is 3.55. The van der Waals surface area contributed by atoms with Gasteiger partial charge in [0.05, 0.1) is 11.2 Å². The molecule has 0 spiro atoms. The maximum atomic E-state index is 13.7. The van der Waals surface area contributed by atoms with E-state index < -0.39 is 0 Å². The summed E-state index contributed by atoms with van der Waals surface area (Å²) in [5.41, 5.74) is 9.74. The van der Waals surface area contributed by atoms with Crippen LogP contribution in [-0.2, 0) is 0 Å². The van der Waals surface area contributed by atoms with Crippen LogP contribution in [0.3, 0.4) is 0 Å². The van der Waals surface area contributed by atoms with E-state index in [0.29, 0.717) is 28.4 Å². The summed E-state index contributed by atoms with van der Waals surface area (Å²) in [6.45, 7) is 0. The van der Waals surface area contributed by atoms with E-state index >= 15 is 0 Å². The number of aromatic nitrogens is 1. The molecule has 154 valence electrons. The van der Waals surface area contributed by atoms with Crippen molar-refractivity contribution in [3.8, 4) is 17.2 Å². The first kappa shape index (κ1) is 20.7. The molecule has 0 aliphatic carbocycles. The molecule has 0 unspecified atom stereocenters. The van der Waals surface area contributed by atoms with Crippen molar-refractivity contribution in [3.05, 3.63) is 94.1 Å². The first-order chi connectivity index (χ1) is 15.0. The lowest BCUT2D eigenvalue weighted by Crippen LogP contribution is -1.94. The Morgan fingerprint density at radius 3 is 2.65 bits per heavy atom. The second kappa shape index (κ2) is 9.09. The molecule has 3 aromatic carbocycles. The molecule has 0 aliphatic heterocycles. The number of benzene rings is 3. The zero-order valence-corrected chi connectivity index (χ0v) is 18.2. The Labute approximate surface area is 191 Å². The molecule has 31 heavy (non-hydrogen) atoms. The van der Waals surface area contributed by atoms with Crippen LogP contribution in [-0.4, -0.2) is 10.1 Å². The number of aromatic hydroxyl groups is 1. The monoisotopic (exact) mass is 526 g/mol. The zero-order chi connectivity index (χ0) is 21.8. The molecule has 0 saturated heterocycles. The van der Waals surface area contributed by atoms with Crippen LogP contribution in [0.5, 0.6) is 17.2 Å². The summed E-state index contributed by atoms with van der Waals surface area (Å²) in [5, 5.41) is 16.7. The lowest BCUT2D eigenvalue weighted by atomic mass is 10.1. The molecule has 0 fully saturated rings. The number of phenols is 1. The van der Waals surface area contributed by atoms with Crippen molar-refractivity contribution >= 4 is 44.9 Å². The standard InChI is InChI=1S/C23H16FIN4O2/c24-14-10-15(25)12-18(11-14)31-23-3-1-2-20-19(23)8-9-21(28-20)22(29-26)13-27-16-4-6-17(30)7-5-16/h1-13,26-27,30H/b22-13-,29-26?. The van der Waals surface area contributed by atoms with Gasteiger partial charge in [0.1, 0.15) is 28.8 Å². The number of pyridine rings is 1. The molecule has 0 atom stereocenters. The number of hydrogen-bond acceptors (Lipinski definition) is 6. The van der Waals surface area contributed by atoms with Crippen LogP contribution in [0, 0.1) is 14.9 Å². The zero-order valence-electron chi connectivity index (χ0n) is 16.0. The number of halogens is 2. The summed E-state index contributed by atoms with van der Waals surface area (Å²) < 4.78 is 20.3. The third-order valence-electron chi connectivity index (χ3n) is 4.38. The van der Waals surface area contributed by atoms with Crippen molar-refractivity contribution in [3.63, 3.8) is 0 Å². The van der Waals surface area contributed by atoms with Gasteiger partial charge in [0.15, 0.2) is 0 Å². The van der Waals surface area contributed by atoms with Crippen LogP contribution in [0.1, 0.15) is 5.69 Å². The molecule has 4 rings (SSSR count). The molecule has 0 amide bonds. The number of ether oxygens (including phenoxy) is 1. The van der Waals surface area contributed by atoms with E-state index in [9.17, 15) is 9.50 Å². The fourth-order valence-electron chi connectivity index (χ4n) is 2.95. The maximum absolute atomic E-state index is 13.7. The third kappa shape index (κ3) is 4.97. The largest absolute Gasteiger partial charge is 0.508 e. The minimum absolute atomic E-state index is 0.169. The number of hydrogen-bond donors (Lipinski definition) is 3. The van der Waals surface area contributed by atoms with Crippen LogP contribution in [0.2, 0.25) is 0 Å². The average Bonchev–Trinajstić information content (AvgIpc) is 2.75. The van der Waals surface area contributed by atoms with Crippen molar-refractivity contribution in [2.45, 2.75) is 0 Å². The summed E-state index contributed by atoms with van der Waals surface area (Å²) in [6, 6.07) is 20.0. The molecule has 8 heteroatoms. The minimum Gasteiger partial charge on any atom is -0.508 e. The van der Waals surface area contributed by atoms with Gasteiger partial charge in [0, 0.05) is 26.9 Å². The minimum atomic E-state index is -0.365. The van der Waals surface area contributed by atoms with Gasteiger partial charge >= 0.3 is 0 Å². The van der Waals surface area contributed by atoms with Gasteiger partial charge in [-0.3, -0.25) is 0 Å². The maximum Gasteiger partial charge on any atom is 0.136 e. The highest BCUT2D eigenvalue weighted by Crippen LogP contribution is 2.31. The summed E-state index contributed by atoms with van der Waals surface area (Å²) >= 11 is 2.04. The molecule has 0 saturated carbocycles. The normalized spacial score (nSPS) is 11.4. The first-order valence-electron chi connectivity index (χ1n) is 9.19. The summed E-state index contributed by atoms with van der Waals surface area (Å²) in [5.74, 6) is 0.756. The average molecular weight is 526 g/mol. The van der Waals surface area contributed by atoms with E-state index in [4.69, 9.17) is 10.3 Å². The highest BCUT2D eigenvalue weighted by Gasteiger charge is 2.09. The first-order valence-corrected chi connectivity index (χ1v) is 10.3. The van der Waals surface area contributed by atoms with Crippen molar-refractivity contribution in [2.24, 2.45) is 5.11 Å². The van der Waals surface area contributed by atoms with Crippen molar-refractivity contribution in [1.29, 1.82) is 5.53 Å². The topological polar surface area (TPSA) is 90.6 Å². The molecule has 4 aromatic rings.